The molecule has 1 fully saturated rings. The molecule has 1 aromatic rings. The van der Waals surface area contributed by atoms with Gasteiger partial charge in [0.25, 0.3) is 5.91 Å². The summed E-state index contributed by atoms with van der Waals surface area (Å²) in [5, 5.41) is 0. The first-order valence-corrected chi connectivity index (χ1v) is 9.13. The SMILES string of the molecule is C[C@H](Oc1ccc(N(C)S(C)(=O)=O)cc1)C(=O)N1CCCC1. The lowest BCUT2D eigenvalue weighted by atomic mass is 10.3. The van der Waals surface area contributed by atoms with Gasteiger partial charge in [-0.3, -0.25) is 9.10 Å². The Hall–Kier alpha value is -1.76. The molecule has 0 spiro atoms. The number of hydrogen-bond acceptors (Lipinski definition) is 4. The maximum atomic E-state index is 12.2. The van der Waals surface area contributed by atoms with Gasteiger partial charge in [-0.2, -0.15) is 0 Å². The highest BCUT2D eigenvalue weighted by Crippen LogP contribution is 2.21. The molecule has 7 heteroatoms. The van der Waals surface area contributed by atoms with Crippen molar-refractivity contribution in [2.45, 2.75) is 25.9 Å². The number of ether oxygens (including phenoxy) is 1. The summed E-state index contributed by atoms with van der Waals surface area (Å²) >= 11 is 0. The number of rotatable bonds is 5. The molecule has 0 unspecified atom stereocenters. The van der Waals surface area contributed by atoms with Gasteiger partial charge in [-0.05, 0) is 44.0 Å². The molecule has 6 nitrogen and oxygen atoms in total. The number of sulfonamides is 1. The van der Waals surface area contributed by atoms with Gasteiger partial charge in [0, 0.05) is 20.1 Å². The fourth-order valence-electron chi connectivity index (χ4n) is 2.38. The summed E-state index contributed by atoms with van der Waals surface area (Å²) < 4.78 is 29.8. The molecular weight excluding hydrogens is 304 g/mol. The molecule has 2 rings (SSSR count). The van der Waals surface area contributed by atoms with E-state index in [9.17, 15) is 13.2 Å². The van der Waals surface area contributed by atoms with Crippen molar-refractivity contribution in [2.75, 3.05) is 30.7 Å². The van der Waals surface area contributed by atoms with Gasteiger partial charge < -0.3 is 9.64 Å². The molecule has 1 atom stereocenters. The molecular formula is C15H22N2O4S. The fraction of sp³-hybridized carbons (Fsp3) is 0.533. The van der Waals surface area contributed by atoms with Gasteiger partial charge in [-0.1, -0.05) is 0 Å². The second kappa shape index (κ2) is 6.56. The average Bonchev–Trinajstić information content (AvgIpc) is 2.99. The largest absolute Gasteiger partial charge is 0.481 e. The molecule has 1 amide bonds. The smallest absolute Gasteiger partial charge is 0.263 e. The van der Waals surface area contributed by atoms with E-state index in [2.05, 4.69) is 0 Å². The predicted octanol–water partition coefficient (Wildman–Crippen LogP) is 1.47. The summed E-state index contributed by atoms with van der Waals surface area (Å²) in [4.78, 5) is 14.0. The molecule has 1 aliphatic heterocycles. The third-order valence-corrected chi connectivity index (χ3v) is 4.98. The van der Waals surface area contributed by atoms with Gasteiger partial charge in [-0.25, -0.2) is 8.42 Å². The van der Waals surface area contributed by atoms with Crippen LogP contribution in [0.15, 0.2) is 24.3 Å². The summed E-state index contributed by atoms with van der Waals surface area (Å²) in [5.41, 5.74) is 0.549. The van der Waals surface area contributed by atoms with E-state index >= 15 is 0 Å². The zero-order valence-electron chi connectivity index (χ0n) is 13.2. The van der Waals surface area contributed by atoms with E-state index in [4.69, 9.17) is 4.74 Å². The normalized spacial score (nSPS) is 16.4. The van der Waals surface area contributed by atoms with Crippen LogP contribution in [0.2, 0.25) is 0 Å². The Morgan fingerprint density at radius 3 is 2.27 bits per heavy atom. The standard InChI is InChI=1S/C15H22N2O4S/c1-12(15(18)17-10-4-5-11-17)21-14-8-6-13(7-9-14)16(2)22(3,19)20/h6-9,12H,4-5,10-11H2,1-3H3/t12-/m0/s1. The van der Waals surface area contributed by atoms with Crippen LogP contribution in [0.4, 0.5) is 5.69 Å². The number of carbonyl (C=O) groups excluding carboxylic acids is 1. The van der Waals surface area contributed by atoms with Crippen molar-refractivity contribution in [1.29, 1.82) is 0 Å². The summed E-state index contributed by atoms with van der Waals surface area (Å²) in [7, 11) is -1.79. The van der Waals surface area contributed by atoms with Crippen molar-refractivity contribution in [1.82, 2.24) is 4.90 Å². The zero-order valence-corrected chi connectivity index (χ0v) is 14.0. The Morgan fingerprint density at radius 1 is 1.23 bits per heavy atom. The maximum absolute atomic E-state index is 12.2. The number of carbonyl (C=O) groups is 1. The van der Waals surface area contributed by atoms with E-state index in [-0.39, 0.29) is 5.91 Å². The van der Waals surface area contributed by atoms with Crippen molar-refractivity contribution in [3.63, 3.8) is 0 Å². The molecule has 1 aromatic carbocycles. The minimum Gasteiger partial charge on any atom is -0.481 e. The Labute approximate surface area is 131 Å². The average molecular weight is 326 g/mol. The number of hydrogen-bond donors (Lipinski definition) is 0. The van der Waals surface area contributed by atoms with E-state index in [1.165, 1.54) is 11.4 Å². The Bertz CT molecular complexity index is 621. The number of nitrogens with zero attached hydrogens (tertiary/aromatic N) is 2. The number of likely N-dealkylation sites (tertiary alicyclic amines) is 1. The fourth-order valence-corrected chi connectivity index (χ4v) is 2.88. The lowest BCUT2D eigenvalue weighted by molar-refractivity contribution is -0.136. The van der Waals surface area contributed by atoms with Crippen LogP contribution in [0.5, 0.6) is 5.75 Å². The van der Waals surface area contributed by atoms with E-state index < -0.39 is 16.1 Å². The number of amides is 1. The van der Waals surface area contributed by atoms with Gasteiger partial charge >= 0.3 is 0 Å². The van der Waals surface area contributed by atoms with E-state index in [0.717, 1.165) is 32.2 Å². The lowest BCUT2D eigenvalue weighted by Gasteiger charge is -2.22. The van der Waals surface area contributed by atoms with Gasteiger partial charge in [0.05, 0.1) is 11.9 Å². The van der Waals surface area contributed by atoms with Crippen LogP contribution in [-0.2, 0) is 14.8 Å². The van der Waals surface area contributed by atoms with Crippen LogP contribution >= 0.6 is 0 Å². The van der Waals surface area contributed by atoms with Crippen LogP contribution in [0.3, 0.4) is 0 Å². The maximum Gasteiger partial charge on any atom is 0.263 e. The molecule has 22 heavy (non-hydrogen) atoms. The minimum absolute atomic E-state index is 0.00479. The highest BCUT2D eigenvalue weighted by Gasteiger charge is 2.24. The van der Waals surface area contributed by atoms with Gasteiger partial charge in [0.1, 0.15) is 5.75 Å². The summed E-state index contributed by atoms with van der Waals surface area (Å²) in [6.45, 7) is 3.33. The molecule has 0 aromatic heterocycles. The summed E-state index contributed by atoms with van der Waals surface area (Å²) in [6.07, 6.45) is 2.70. The Balaban J connectivity index is 2.00. The first-order valence-electron chi connectivity index (χ1n) is 7.28. The zero-order chi connectivity index (χ0) is 16.3. The van der Waals surface area contributed by atoms with Crippen LogP contribution in [-0.4, -0.2) is 51.7 Å². The van der Waals surface area contributed by atoms with Crippen molar-refractivity contribution < 1.29 is 17.9 Å². The van der Waals surface area contributed by atoms with Crippen molar-refractivity contribution >= 4 is 21.6 Å². The quantitative estimate of drug-likeness (QED) is 0.822. The van der Waals surface area contributed by atoms with Gasteiger partial charge in [0.2, 0.25) is 10.0 Å². The third-order valence-electron chi connectivity index (χ3n) is 3.78. The van der Waals surface area contributed by atoms with Crippen molar-refractivity contribution in [3.05, 3.63) is 24.3 Å². The molecule has 122 valence electrons. The molecule has 0 radical (unpaired) electrons. The third kappa shape index (κ3) is 3.91. The highest BCUT2D eigenvalue weighted by molar-refractivity contribution is 7.92. The second-order valence-corrected chi connectivity index (χ2v) is 7.53. The van der Waals surface area contributed by atoms with Crippen LogP contribution in [0.25, 0.3) is 0 Å². The van der Waals surface area contributed by atoms with Crippen LogP contribution in [0, 0.1) is 0 Å². The van der Waals surface area contributed by atoms with E-state index in [1.54, 1.807) is 31.2 Å². The summed E-state index contributed by atoms with van der Waals surface area (Å²) in [6, 6.07) is 6.66. The van der Waals surface area contributed by atoms with Crippen LogP contribution in [0.1, 0.15) is 19.8 Å². The topological polar surface area (TPSA) is 66.9 Å². The lowest BCUT2D eigenvalue weighted by Crippen LogP contribution is -2.38. The molecule has 0 bridgehead atoms. The van der Waals surface area contributed by atoms with Gasteiger partial charge in [-0.15, -0.1) is 0 Å². The molecule has 1 aliphatic rings. The Kier molecular flexibility index (Phi) is 4.95. The Morgan fingerprint density at radius 2 is 1.77 bits per heavy atom. The molecule has 0 aliphatic carbocycles. The number of benzene rings is 1. The van der Waals surface area contributed by atoms with E-state index in [0.29, 0.717) is 11.4 Å². The molecule has 0 saturated carbocycles. The monoisotopic (exact) mass is 326 g/mol. The number of anilines is 1. The van der Waals surface area contributed by atoms with E-state index in [1.807, 2.05) is 4.90 Å². The molecule has 0 N–H and O–H groups in total. The highest BCUT2D eigenvalue weighted by atomic mass is 32.2. The first kappa shape index (κ1) is 16.6. The van der Waals surface area contributed by atoms with Crippen molar-refractivity contribution in [3.8, 4) is 5.75 Å². The minimum atomic E-state index is -3.28. The van der Waals surface area contributed by atoms with Crippen molar-refractivity contribution in [2.24, 2.45) is 0 Å². The van der Waals surface area contributed by atoms with Gasteiger partial charge in [0.15, 0.2) is 6.10 Å². The van der Waals surface area contributed by atoms with Crippen LogP contribution < -0.4 is 9.04 Å². The summed E-state index contributed by atoms with van der Waals surface area (Å²) in [5.74, 6) is 0.542. The first-order chi connectivity index (χ1) is 10.3. The predicted molar refractivity (Wildman–Crippen MR) is 85.6 cm³/mol. The molecule has 1 heterocycles. The molecule has 1 saturated heterocycles. The second-order valence-electron chi connectivity index (χ2n) is 5.52.